The van der Waals surface area contributed by atoms with E-state index >= 15 is 0 Å². The summed E-state index contributed by atoms with van der Waals surface area (Å²) in [5.41, 5.74) is 0.601. The zero-order valence-corrected chi connectivity index (χ0v) is 14.1. The Kier molecular flexibility index (Phi) is 4.85. The van der Waals surface area contributed by atoms with E-state index in [1.165, 1.54) is 12.5 Å². The Balaban J connectivity index is 1.31. The standard InChI is InChI=1S/C18H23N3O4/c22-18(14-5-11-23-13-14)21-9-12-25-17-15(21)3-4-16(17)24-10-2-8-20-7-1-6-19-20/h1,5-7,11,13,15-17H,2-4,8-10,12H2/t15-,16+,17+/m1/s1. The van der Waals surface area contributed by atoms with E-state index in [0.717, 1.165) is 25.8 Å². The highest BCUT2D eigenvalue weighted by Gasteiger charge is 2.45. The minimum absolute atomic E-state index is 0.0198. The number of furan rings is 1. The molecule has 25 heavy (non-hydrogen) atoms. The van der Waals surface area contributed by atoms with Gasteiger partial charge < -0.3 is 18.8 Å². The first kappa shape index (κ1) is 16.4. The smallest absolute Gasteiger partial charge is 0.257 e. The summed E-state index contributed by atoms with van der Waals surface area (Å²) in [5.74, 6) is 0.0198. The predicted molar refractivity (Wildman–Crippen MR) is 89.1 cm³/mol. The van der Waals surface area contributed by atoms with Gasteiger partial charge in [0.2, 0.25) is 0 Å². The molecule has 134 valence electrons. The van der Waals surface area contributed by atoms with Gasteiger partial charge >= 0.3 is 0 Å². The van der Waals surface area contributed by atoms with Crippen molar-refractivity contribution in [3.8, 4) is 0 Å². The van der Waals surface area contributed by atoms with Gasteiger partial charge in [0.25, 0.3) is 5.91 Å². The average molecular weight is 345 g/mol. The van der Waals surface area contributed by atoms with Gasteiger partial charge in [-0.1, -0.05) is 0 Å². The van der Waals surface area contributed by atoms with Crippen molar-refractivity contribution >= 4 is 5.91 Å². The summed E-state index contributed by atoms with van der Waals surface area (Å²) in [4.78, 5) is 14.6. The molecule has 2 aromatic heterocycles. The van der Waals surface area contributed by atoms with Crippen LogP contribution in [-0.2, 0) is 16.0 Å². The number of carbonyl (C=O) groups excluding carboxylic acids is 1. The summed E-state index contributed by atoms with van der Waals surface area (Å²) in [6, 6.07) is 3.72. The maximum absolute atomic E-state index is 12.7. The Labute approximate surface area is 146 Å². The number of morpholine rings is 1. The van der Waals surface area contributed by atoms with Crippen molar-refractivity contribution in [2.45, 2.75) is 44.1 Å². The molecule has 1 saturated carbocycles. The summed E-state index contributed by atoms with van der Waals surface area (Å²) in [7, 11) is 0. The molecule has 0 radical (unpaired) electrons. The van der Waals surface area contributed by atoms with Crippen molar-refractivity contribution in [1.29, 1.82) is 0 Å². The molecule has 2 aliphatic rings. The van der Waals surface area contributed by atoms with Crippen LogP contribution in [0.4, 0.5) is 0 Å². The van der Waals surface area contributed by atoms with Crippen molar-refractivity contribution in [1.82, 2.24) is 14.7 Å². The topological polar surface area (TPSA) is 69.7 Å². The number of hydrogen-bond donors (Lipinski definition) is 0. The van der Waals surface area contributed by atoms with E-state index in [9.17, 15) is 4.79 Å². The minimum Gasteiger partial charge on any atom is -0.472 e. The van der Waals surface area contributed by atoms with Crippen molar-refractivity contribution in [2.75, 3.05) is 19.8 Å². The Morgan fingerprint density at radius 2 is 2.36 bits per heavy atom. The lowest BCUT2D eigenvalue weighted by Gasteiger charge is -2.38. The molecular formula is C18H23N3O4. The number of hydrogen-bond acceptors (Lipinski definition) is 5. The summed E-state index contributed by atoms with van der Waals surface area (Å²) >= 11 is 0. The predicted octanol–water partition coefficient (Wildman–Crippen LogP) is 1.95. The van der Waals surface area contributed by atoms with E-state index in [0.29, 0.717) is 25.3 Å². The van der Waals surface area contributed by atoms with E-state index < -0.39 is 0 Å². The molecule has 7 heteroatoms. The van der Waals surface area contributed by atoms with Gasteiger partial charge in [0.05, 0.1) is 30.6 Å². The molecule has 1 aliphatic heterocycles. The van der Waals surface area contributed by atoms with Crippen LogP contribution in [0.5, 0.6) is 0 Å². The SMILES string of the molecule is O=C(c1ccoc1)N1CCO[C@@H]2[C@@H](OCCCn3cccn3)CC[C@H]21. The van der Waals surface area contributed by atoms with E-state index in [1.54, 1.807) is 12.3 Å². The average Bonchev–Trinajstić information content (AvgIpc) is 3.39. The van der Waals surface area contributed by atoms with E-state index in [-0.39, 0.29) is 24.2 Å². The molecule has 4 rings (SSSR count). The van der Waals surface area contributed by atoms with Gasteiger partial charge in [0.1, 0.15) is 12.4 Å². The number of aromatic nitrogens is 2. The highest BCUT2D eigenvalue weighted by atomic mass is 16.5. The number of amides is 1. The molecule has 0 spiro atoms. The fourth-order valence-corrected chi connectivity index (χ4v) is 3.79. The van der Waals surface area contributed by atoms with Crippen LogP contribution in [-0.4, -0.2) is 58.6 Å². The molecule has 0 unspecified atom stereocenters. The molecule has 1 amide bonds. The molecule has 0 bridgehead atoms. The molecule has 2 aromatic rings. The van der Waals surface area contributed by atoms with E-state index in [1.807, 2.05) is 21.8 Å². The first-order valence-corrected chi connectivity index (χ1v) is 8.87. The normalized spacial score (nSPS) is 25.9. The summed E-state index contributed by atoms with van der Waals surface area (Å²) in [6.45, 7) is 2.70. The van der Waals surface area contributed by atoms with E-state index in [2.05, 4.69) is 5.10 Å². The minimum atomic E-state index is -0.0331. The first-order valence-electron chi connectivity index (χ1n) is 8.87. The van der Waals surface area contributed by atoms with Crippen LogP contribution in [0.15, 0.2) is 41.5 Å². The van der Waals surface area contributed by atoms with E-state index in [4.69, 9.17) is 13.9 Å². The molecule has 1 aliphatic carbocycles. The quantitative estimate of drug-likeness (QED) is 0.749. The monoisotopic (exact) mass is 345 g/mol. The fourth-order valence-electron chi connectivity index (χ4n) is 3.79. The first-order chi connectivity index (χ1) is 12.3. The molecule has 2 fully saturated rings. The maximum Gasteiger partial charge on any atom is 0.257 e. The van der Waals surface area contributed by atoms with Crippen LogP contribution in [0.1, 0.15) is 29.6 Å². The van der Waals surface area contributed by atoms with Crippen LogP contribution in [0.2, 0.25) is 0 Å². The number of carbonyl (C=O) groups is 1. The molecular weight excluding hydrogens is 322 g/mol. The number of aryl methyl sites for hydroxylation is 1. The van der Waals surface area contributed by atoms with Crippen molar-refractivity contribution in [3.63, 3.8) is 0 Å². The third-order valence-corrected chi connectivity index (χ3v) is 4.99. The van der Waals surface area contributed by atoms with Gasteiger partial charge in [0.15, 0.2) is 0 Å². The van der Waals surface area contributed by atoms with Crippen molar-refractivity contribution < 1.29 is 18.7 Å². The van der Waals surface area contributed by atoms with Gasteiger partial charge in [-0.2, -0.15) is 5.10 Å². The van der Waals surface area contributed by atoms with Crippen LogP contribution < -0.4 is 0 Å². The van der Waals surface area contributed by atoms with Gasteiger partial charge in [-0.3, -0.25) is 9.48 Å². The maximum atomic E-state index is 12.7. The lowest BCUT2D eigenvalue weighted by molar-refractivity contribution is -0.105. The lowest BCUT2D eigenvalue weighted by Crippen LogP contribution is -2.53. The molecule has 1 saturated heterocycles. The van der Waals surface area contributed by atoms with Crippen molar-refractivity contribution in [2.24, 2.45) is 0 Å². The van der Waals surface area contributed by atoms with Gasteiger partial charge in [-0.25, -0.2) is 0 Å². The second-order valence-corrected chi connectivity index (χ2v) is 6.52. The summed E-state index contributed by atoms with van der Waals surface area (Å²) in [6.07, 6.45) is 9.55. The highest BCUT2D eigenvalue weighted by Crippen LogP contribution is 2.33. The Bertz CT molecular complexity index is 671. The highest BCUT2D eigenvalue weighted by molar-refractivity contribution is 5.94. The molecule has 3 heterocycles. The number of fused-ring (bicyclic) bond motifs is 1. The third kappa shape index (κ3) is 3.48. The molecule has 7 nitrogen and oxygen atoms in total. The summed E-state index contributed by atoms with van der Waals surface area (Å²) in [5, 5.41) is 4.19. The fraction of sp³-hybridized carbons (Fsp3) is 0.556. The van der Waals surface area contributed by atoms with Crippen LogP contribution in [0.3, 0.4) is 0 Å². The second-order valence-electron chi connectivity index (χ2n) is 6.52. The number of ether oxygens (including phenoxy) is 2. The summed E-state index contributed by atoms with van der Waals surface area (Å²) < 4.78 is 19.0. The second kappa shape index (κ2) is 7.41. The van der Waals surface area contributed by atoms with Crippen LogP contribution in [0.25, 0.3) is 0 Å². The molecule has 0 aromatic carbocycles. The van der Waals surface area contributed by atoms with Crippen molar-refractivity contribution in [3.05, 3.63) is 42.6 Å². The van der Waals surface area contributed by atoms with Gasteiger partial charge in [0, 0.05) is 32.1 Å². The lowest BCUT2D eigenvalue weighted by atomic mass is 10.1. The molecule has 0 N–H and O–H groups in total. The number of rotatable bonds is 6. The zero-order valence-electron chi connectivity index (χ0n) is 14.1. The third-order valence-electron chi connectivity index (χ3n) is 4.99. The zero-order chi connectivity index (χ0) is 17.1. The van der Waals surface area contributed by atoms with Crippen LogP contribution in [0, 0.1) is 0 Å². The largest absolute Gasteiger partial charge is 0.472 e. The van der Waals surface area contributed by atoms with Crippen LogP contribution >= 0.6 is 0 Å². The number of nitrogens with zero attached hydrogens (tertiary/aromatic N) is 3. The molecule has 3 atom stereocenters. The van der Waals surface area contributed by atoms with Gasteiger partial charge in [-0.05, 0) is 31.4 Å². The Morgan fingerprint density at radius 3 is 3.16 bits per heavy atom. The van der Waals surface area contributed by atoms with Gasteiger partial charge in [-0.15, -0.1) is 0 Å². The Morgan fingerprint density at radius 1 is 1.40 bits per heavy atom. The Hall–Kier alpha value is -2.12.